The van der Waals surface area contributed by atoms with Gasteiger partial charge in [-0.1, -0.05) is 23.3 Å². The van der Waals surface area contributed by atoms with Crippen molar-refractivity contribution in [1.29, 1.82) is 0 Å². The molecule has 19 heavy (non-hydrogen) atoms. The molecule has 0 saturated heterocycles. The van der Waals surface area contributed by atoms with Gasteiger partial charge in [0.15, 0.2) is 0 Å². The molecule has 0 spiro atoms. The van der Waals surface area contributed by atoms with Crippen LogP contribution in [-0.2, 0) is 12.8 Å². The van der Waals surface area contributed by atoms with E-state index < -0.39 is 0 Å². The minimum atomic E-state index is 1.20. The molecule has 0 unspecified atom stereocenters. The van der Waals surface area contributed by atoms with Crippen molar-refractivity contribution in [3.63, 3.8) is 0 Å². The molecule has 0 N–H and O–H groups in total. The lowest BCUT2D eigenvalue weighted by Crippen LogP contribution is -1.90. The maximum Gasteiger partial charge on any atom is 0.0353 e. The largest absolute Gasteiger partial charge is 0.135 e. The van der Waals surface area contributed by atoms with E-state index in [0.29, 0.717) is 0 Å². The van der Waals surface area contributed by atoms with Gasteiger partial charge in [0, 0.05) is 9.75 Å². The third-order valence-electron chi connectivity index (χ3n) is 4.93. The molecule has 0 fully saturated rings. The average molecular weight is 264 g/mol. The second-order valence-corrected chi connectivity index (χ2v) is 7.43. The van der Waals surface area contributed by atoms with Crippen LogP contribution in [0.15, 0.2) is 34.4 Å². The van der Waals surface area contributed by atoms with Gasteiger partial charge in [0.2, 0.25) is 0 Å². The molecule has 0 radical (unpaired) electrons. The van der Waals surface area contributed by atoms with E-state index in [1.165, 1.54) is 25.7 Å². The van der Waals surface area contributed by atoms with E-state index in [0.717, 1.165) is 0 Å². The second kappa shape index (κ2) is 3.21. The summed E-state index contributed by atoms with van der Waals surface area (Å²) in [6.07, 6.45) is 9.66. The Bertz CT molecular complexity index is 710. The van der Waals surface area contributed by atoms with Crippen LogP contribution >= 0.6 is 11.3 Å². The number of rotatable bonds is 0. The van der Waals surface area contributed by atoms with Crippen molar-refractivity contribution < 1.29 is 0 Å². The minimum absolute atomic E-state index is 1.20. The second-order valence-electron chi connectivity index (χ2n) is 6.41. The normalized spacial score (nSPS) is 22.6. The topological polar surface area (TPSA) is 0 Å². The smallest absolute Gasteiger partial charge is 0.0353 e. The molecule has 0 saturated carbocycles. The van der Waals surface area contributed by atoms with Gasteiger partial charge in [-0.15, -0.1) is 11.3 Å². The molecule has 4 aliphatic carbocycles. The quantitative estimate of drug-likeness (QED) is 0.614. The summed E-state index contributed by atoms with van der Waals surface area (Å²) in [6.45, 7) is 4.54. The van der Waals surface area contributed by atoms with Crippen LogP contribution in [0.25, 0.3) is 11.1 Å². The summed E-state index contributed by atoms with van der Waals surface area (Å²) < 4.78 is 0. The van der Waals surface area contributed by atoms with Gasteiger partial charge in [-0.2, -0.15) is 0 Å². The summed E-state index contributed by atoms with van der Waals surface area (Å²) in [5.74, 6) is 0. The fourth-order valence-corrected chi connectivity index (χ4v) is 5.66. The lowest BCUT2D eigenvalue weighted by molar-refractivity contribution is 1.15. The van der Waals surface area contributed by atoms with E-state index in [1.54, 1.807) is 54.3 Å². The summed E-state index contributed by atoms with van der Waals surface area (Å²) >= 11 is 2.09. The van der Waals surface area contributed by atoms with E-state index >= 15 is 0 Å². The van der Waals surface area contributed by atoms with Crippen molar-refractivity contribution in [1.82, 2.24) is 0 Å². The van der Waals surface area contributed by atoms with Crippen LogP contribution in [0.4, 0.5) is 0 Å². The van der Waals surface area contributed by atoms with E-state index in [-0.39, 0.29) is 0 Å². The Labute approximate surface area is 117 Å². The van der Waals surface area contributed by atoms with Crippen LogP contribution in [0.2, 0.25) is 0 Å². The summed E-state index contributed by atoms with van der Waals surface area (Å²) in [6, 6.07) is 0. The highest BCUT2D eigenvalue weighted by molar-refractivity contribution is 7.14. The van der Waals surface area contributed by atoms with E-state index in [1.807, 2.05) is 0 Å². The lowest BCUT2D eigenvalue weighted by Gasteiger charge is -2.01. The van der Waals surface area contributed by atoms with Gasteiger partial charge < -0.3 is 0 Å². The first-order valence-corrected chi connectivity index (χ1v) is 7.96. The SMILES string of the molecule is CC1=CC2=C(C1)c1sc3c(c1C2)CC1=C3CC(C)=C1. The Kier molecular flexibility index (Phi) is 1.77. The van der Waals surface area contributed by atoms with Gasteiger partial charge in [0.25, 0.3) is 0 Å². The first-order chi connectivity index (χ1) is 9.20. The molecule has 0 nitrogen and oxygen atoms in total. The zero-order valence-electron chi connectivity index (χ0n) is 11.4. The first kappa shape index (κ1) is 10.4. The van der Waals surface area contributed by atoms with Crippen LogP contribution in [0, 0.1) is 0 Å². The maximum absolute atomic E-state index is 2.43. The van der Waals surface area contributed by atoms with Crippen LogP contribution < -0.4 is 0 Å². The fourth-order valence-electron chi connectivity index (χ4n) is 4.17. The van der Waals surface area contributed by atoms with Crippen molar-refractivity contribution in [2.24, 2.45) is 0 Å². The predicted molar refractivity (Wildman–Crippen MR) is 82.3 cm³/mol. The zero-order chi connectivity index (χ0) is 12.7. The molecular weight excluding hydrogens is 248 g/mol. The van der Waals surface area contributed by atoms with E-state index in [9.17, 15) is 0 Å². The van der Waals surface area contributed by atoms with Crippen LogP contribution in [0.1, 0.15) is 47.6 Å². The third kappa shape index (κ3) is 1.20. The molecule has 4 aliphatic rings. The molecule has 5 rings (SSSR count). The molecule has 0 bridgehead atoms. The summed E-state index contributed by atoms with van der Waals surface area (Å²) in [4.78, 5) is 3.26. The molecule has 0 aliphatic heterocycles. The molecule has 1 aromatic heterocycles. The fraction of sp³-hybridized carbons (Fsp3) is 0.333. The van der Waals surface area contributed by atoms with Crippen molar-refractivity contribution >= 4 is 22.5 Å². The Hall–Kier alpha value is -1.34. The van der Waals surface area contributed by atoms with Gasteiger partial charge in [-0.25, -0.2) is 0 Å². The number of hydrogen-bond donors (Lipinski definition) is 0. The lowest BCUT2D eigenvalue weighted by atomic mass is 10.0. The third-order valence-corrected chi connectivity index (χ3v) is 6.32. The monoisotopic (exact) mass is 264 g/mol. The Morgan fingerprint density at radius 2 is 1.21 bits per heavy atom. The van der Waals surface area contributed by atoms with Gasteiger partial charge in [-0.3, -0.25) is 0 Å². The van der Waals surface area contributed by atoms with Gasteiger partial charge >= 0.3 is 0 Å². The summed E-state index contributed by atoms with van der Waals surface area (Å²) in [7, 11) is 0. The number of hydrogen-bond acceptors (Lipinski definition) is 1. The molecule has 1 heterocycles. The number of fused-ring (bicyclic) bond motifs is 5. The van der Waals surface area contributed by atoms with E-state index in [4.69, 9.17) is 0 Å². The molecule has 0 atom stereocenters. The van der Waals surface area contributed by atoms with E-state index in [2.05, 4.69) is 37.3 Å². The Balaban J connectivity index is 1.63. The van der Waals surface area contributed by atoms with Gasteiger partial charge in [0.1, 0.15) is 0 Å². The minimum Gasteiger partial charge on any atom is -0.135 e. The molecule has 94 valence electrons. The first-order valence-electron chi connectivity index (χ1n) is 7.14. The number of allylic oxidation sites excluding steroid dienone is 8. The highest BCUT2D eigenvalue weighted by atomic mass is 32.1. The number of thiophene rings is 1. The van der Waals surface area contributed by atoms with Crippen LogP contribution in [0.3, 0.4) is 0 Å². The van der Waals surface area contributed by atoms with Crippen molar-refractivity contribution in [3.05, 3.63) is 55.3 Å². The predicted octanol–water partition coefficient (Wildman–Crippen LogP) is 5.07. The van der Waals surface area contributed by atoms with Crippen molar-refractivity contribution in [3.8, 4) is 0 Å². The maximum atomic E-state index is 2.43. The van der Waals surface area contributed by atoms with Crippen molar-refractivity contribution in [2.75, 3.05) is 0 Å². The standard InChI is InChI=1S/C18H16S/c1-9-3-11-7-15-16-8-12-4-10(2)6-14(12)18(16)19-17(15)13(11)5-9/h3-4H,5-8H2,1-2H3. The molecule has 1 heteroatoms. The highest BCUT2D eigenvalue weighted by Gasteiger charge is 2.35. The zero-order valence-corrected chi connectivity index (χ0v) is 12.2. The summed E-state index contributed by atoms with van der Waals surface area (Å²) in [5.41, 5.74) is 13.0. The average Bonchev–Trinajstić information content (AvgIpc) is 3.04. The Morgan fingerprint density at radius 3 is 1.68 bits per heavy atom. The molecule has 1 aromatic rings. The van der Waals surface area contributed by atoms with Gasteiger partial charge in [-0.05, 0) is 73.0 Å². The highest BCUT2D eigenvalue weighted by Crippen LogP contribution is 2.54. The van der Waals surface area contributed by atoms with Crippen molar-refractivity contribution in [2.45, 2.75) is 39.5 Å². The Morgan fingerprint density at radius 1 is 0.737 bits per heavy atom. The molecule has 0 amide bonds. The molecule has 0 aromatic carbocycles. The summed E-state index contributed by atoms with van der Waals surface area (Å²) in [5, 5.41) is 0. The van der Waals surface area contributed by atoms with Crippen LogP contribution in [-0.4, -0.2) is 0 Å². The molecular formula is C18H16S. The van der Waals surface area contributed by atoms with Gasteiger partial charge in [0.05, 0.1) is 0 Å². The van der Waals surface area contributed by atoms with Crippen LogP contribution in [0.5, 0.6) is 0 Å².